The van der Waals surface area contributed by atoms with Crippen LogP contribution in [0.15, 0.2) is 18.2 Å². The van der Waals surface area contributed by atoms with Gasteiger partial charge in [0.05, 0.1) is 5.69 Å². The maximum atomic E-state index is 12.8. The third kappa shape index (κ3) is 3.52. The molecule has 134 valence electrons. The van der Waals surface area contributed by atoms with E-state index in [-0.39, 0.29) is 24.0 Å². The van der Waals surface area contributed by atoms with Gasteiger partial charge in [-0.15, -0.1) is 0 Å². The molecule has 0 atom stereocenters. The summed E-state index contributed by atoms with van der Waals surface area (Å²) < 4.78 is 5.83. The molecular formula is C19H24N2O4. The number of fused-ring (bicyclic) bond motifs is 1. The first kappa shape index (κ1) is 17.5. The molecule has 6 heteroatoms. The van der Waals surface area contributed by atoms with Crippen LogP contribution in [0.3, 0.4) is 0 Å². The average Bonchev–Trinajstić information content (AvgIpc) is 2.56. The Balaban J connectivity index is 1.74. The summed E-state index contributed by atoms with van der Waals surface area (Å²) >= 11 is 0. The molecule has 2 aliphatic rings. The molecule has 1 aromatic rings. The van der Waals surface area contributed by atoms with Crippen LogP contribution < -0.4 is 9.64 Å². The van der Waals surface area contributed by atoms with Gasteiger partial charge < -0.3 is 14.5 Å². The number of nitrogens with zero attached hydrogens (tertiary/aromatic N) is 2. The molecule has 1 saturated heterocycles. The number of hydrogen-bond donors (Lipinski definition) is 0. The van der Waals surface area contributed by atoms with E-state index in [0.717, 1.165) is 5.56 Å². The van der Waals surface area contributed by atoms with E-state index in [1.807, 2.05) is 25.1 Å². The lowest BCUT2D eigenvalue weighted by Crippen LogP contribution is -2.53. The lowest BCUT2D eigenvalue weighted by atomic mass is 10.0. The number of ether oxygens (including phenoxy) is 1. The van der Waals surface area contributed by atoms with E-state index in [2.05, 4.69) is 0 Å². The third-order valence-corrected chi connectivity index (χ3v) is 4.75. The van der Waals surface area contributed by atoms with Crippen LogP contribution in [0.2, 0.25) is 0 Å². The Hall–Kier alpha value is -2.37. The van der Waals surface area contributed by atoms with Gasteiger partial charge in [-0.2, -0.15) is 0 Å². The van der Waals surface area contributed by atoms with Gasteiger partial charge >= 0.3 is 0 Å². The van der Waals surface area contributed by atoms with Gasteiger partial charge in [-0.25, -0.2) is 0 Å². The number of benzene rings is 1. The van der Waals surface area contributed by atoms with Gasteiger partial charge in [0.2, 0.25) is 5.91 Å². The van der Waals surface area contributed by atoms with E-state index < -0.39 is 5.60 Å². The molecule has 2 aliphatic heterocycles. The fraction of sp³-hybridized carbons (Fsp3) is 0.526. The van der Waals surface area contributed by atoms with E-state index in [1.54, 1.807) is 23.6 Å². The molecule has 0 radical (unpaired) electrons. The number of amides is 2. The number of rotatable bonds is 3. The number of Topliss-reactive ketones (excluding diaryl/α,β-unsaturated/α-hetero) is 1. The molecule has 0 bridgehead atoms. The zero-order valence-corrected chi connectivity index (χ0v) is 15.0. The first-order valence-corrected chi connectivity index (χ1v) is 8.69. The maximum Gasteiger partial charge on any atom is 0.270 e. The average molecular weight is 344 g/mol. The highest BCUT2D eigenvalue weighted by Crippen LogP contribution is 2.38. The highest BCUT2D eigenvalue weighted by atomic mass is 16.5. The molecule has 1 fully saturated rings. The Labute approximate surface area is 147 Å². The zero-order valence-electron chi connectivity index (χ0n) is 15.0. The topological polar surface area (TPSA) is 66.9 Å². The van der Waals surface area contributed by atoms with E-state index >= 15 is 0 Å². The molecule has 0 aromatic heterocycles. The van der Waals surface area contributed by atoms with Crippen LogP contribution in [0.1, 0.15) is 38.7 Å². The number of likely N-dealkylation sites (tertiary alicyclic amines) is 1. The summed E-state index contributed by atoms with van der Waals surface area (Å²) in [5.41, 5.74) is 0.787. The molecular weight excluding hydrogens is 320 g/mol. The van der Waals surface area contributed by atoms with Crippen LogP contribution >= 0.6 is 0 Å². The largest absolute Gasteiger partial charge is 0.476 e. The second-order valence-electron chi connectivity index (χ2n) is 7.21. The smallest absolute Gasteiger partial charge is 0.270 e. The minimum atomic E-state index is -0.956. The van der Waals surface area contributed by atoms with Crippen molar-refractivity contribution in [2.45, 2.75) is 45.6 Å². The van der Waals surface area contributed by atoms with Crippen LogP contribution in [0.5, 0.6) is 5.75 Å². The SMILES string of the molecule is Cc1ccc2c(c1)N(CCC(=O)N1CCC(=O)CC1)C(=O)C(C)(C)O2. The van der Waals surface area contributed by atoms with Gasteiger partial charge in [0.1, 0.15) is 11.5 Å². The van der Waals surface area contributed by atoms with Crippen LogP contribution in [0.25, 0.3) is 0 Å². The predicted molar refractivity (Wildman–Crippen MR) is 93.7 cm³/mol. The van der Waals surface area contributed by atoms with Crippen LogP contribution in [0.4, 0.5) is 5.69 Å². The second-order valence-corrected chi connectivity index (χ2v) is 7.21. The van der Waals surface area contributed by atoms with E-state index in [0.29, 0.717) is 43.9 Å². The normalized spacial score (nSPS) is 19.5. The number of aryl methyl sites for hydroxylation is 1. The Morgan fingerprint density at radius 1 is 1.20 bits per heavy atom. The molecule has 0 aliphatic carbocycles. The molecule has 1 aromatic carbocycles. The van der Waals surface area contributed by atoms with Crippen LogP contribution in [-0.4, -0.2) is 47.7 Å². The summed E-state index contributed by atoms with van der Waals surface area (Å²) in [7, 11) is 0. The maximum absolute atomic E-state index is 12.8. The molecule has 2 amide bonds. The lowest BCUT2D eigenvalue weighted by molar-refractivity contribution is -0.134. The summed E-state index contributed by atoms with van der Waals surface area (Å²) in [4.78, 5) is 39.9. The molecule has 0 spiro atoms. The minimum Gasteiger partial charge on any atom is -0.476 e. The summed E-state index contributed by atoms with van der Waals surface area (Å²) in [6.45, 7) is 6.71. The van der Waals surface area contributed by atoms with Gasteiger partial charge in [0, 0.05) is 38.9 Å². The standard InChI is InChI=1S/C19H24N2O4/c1-13-4-5-16-15(12-13)21(18(24)19(2,3)25-16)11-8-17(23)20-9-6-14(22)7-10-20/h4-5,12H,6-11H2,1-3H3. The molecule has 6 nitrogen and oxygen atoms in total. The van der Waals surface area contributed by atoms with Gasteiger partial charge in [-0.1, -0.05) is 6.07 Å². The van der Waals surface area contributed by atoms with Gasteiger partial charge in [0.15, 0.2) is 5.60 Å². The number of hydrogen-bond acceptors (Lipinski definition) is 4. The number of carbonyl (C=O) groups is 3. The number of piperidine rings is 1. The van der Waals surface area contributed by atoms with Gasteiger partial charge in [-0.3, -0.25) is 14.4 Å². The number of anilines is 1. The van der Waals surface area contributed by atoms with E-state index in [9.17, 15) is 14.4 Å². The Morgan fingerprint density at radius 3 is 2.56 bits per heavy atom. The molecule has 2 heterocycles. The quantitative estimate of drug-likeness (QED) is 0.842. The molecule has 25 heavy (non-hydrogen) atoms. The van der Waals surface area contributed by atoms with Crippen LogP contribution in [-0.2, 0) is 14.4 Å². The van der Waals surface area contributed by atoms with Crippen molar-refractivity contribution < 1.29 is 19.1 Å². The van der Waals surface area contributed by atoms with Crippen molar-refractivity contribution >= 4 is 23.3 Å². The molecule has 0 unspecified atom stereocenters. The monoisotopic (exact) mass is 344 g/mol. The summed E-state index contributed by atoms with van der Waals surface area (Å²) in [5, 5.41) is 0. The van der Waals surface area contributed by atoms with Crippen molar-refractivity contribution in [2.24, 2.45) is 0 Å². The van der Waals surface area contributed by atoms with Crippen molar-refractivity contribution in [2.75, 3.05) is 24.5 Å². The van der Waals surface area contributed by atoms with Gasteiger partial charge in [-0.05, 0) is 38.5 Å². The van der Waals surface area contributed by atoms with Crippen molar-refractivity contribution in [3.05, 3.63) is 23.8 Å². The first-order valence-electron chi connectivity index (χ1n) is 8.69. The Bertz CT molecular complexity index is 716. The minimum absolute atomic E-state index is 0.0150. The van der Waals surface area contributed by atoms with E-state index in [1.165, 1.54) is 0 Å². The Morgan fingerprint density at radius 2 is 1.88 bits per heavy atom. The van der Waals surface area contributed by atoms with Crippen molar-refractivity contribution in [1.82, 2.24) is 4.90 Å². The Kier molecular flexibility index (Phi) is 4.54. The fourth-order valence-corrected chi connectivity index (χ4v) is 3.27. The summed E-state index contributed by atoms with van der Waals surface area (Å²) in [6, 6.07) is 5.72. The number of carbonyl (C=O) groups excluding carboxylic acids is 3. The lowest BCUT2D eigenvalue weighted by Gasteiger charge is -2.39. The van der Waals surface area contributed by atoms with Gasteiger partial charge in [0.25, 0.3) is 5.91 Å². The second kappa shape index (κ2) is 6.50. The highest BCUT2D eigenvalue weighted by Gasteiger charge is 2.41. The van der Waals surface area contributed by atoms with Crippen molar-refractivity contribution in [3.63, 3.8) is 0 Å². The van der Waals surface area contributed by atoms with Crippen molar-refractivity contribution in [3.8, 4) is 5.75 Å². The summed E-state index contributed by atoms with van der Waals surface area (Å²) in [5.74, 6) is 0.704. The predicted octanol–water partition coefficient (Wildman–Crippen LogP) is 2.08. The highest BCUT2D eigenvalue weighted by molar-refractivity contribution is 6.02. The number of ketones is 1. The zero-order chi connectivity index (χ0) is 18.2. The summed E-state index contributed by atoms with van der Waals surface area (Å²) in [6.07, 6.45) is 1.10. The fourth-order valence-electron chi connectivity index (χ4n) is 3.27. The molecule has 3 rings (SSSR count). The van der Waals surface area contributed by atoms with E-state index in [4.69, 9.17) is 4.74 Å². The third-order valence-electron chi connectivity index (χ3n) is 4.75. The van der Waals surface area contributed by atoms with Crippen molar-refractivity contribution in [1.29, 1.82) is 0 Å². The van der Waals surface area contributed by atoms with Crippen LogP contribution in [0, 0.1) is 6.92 Å². The first-order chi connectivity index (χ1) is 11.8. The molecule has 0 N–H and O–H groups in total. The molecule has 0 saturated carbocycles.